The third kappa shape index (κ3) is 5.99. The highest BCUT2D eigenvalue weighted by molar-refractivity contribution is 8.18. The second-order valence-electron chi connectivity index (χ2n) is 9.10. The third-order valence-corrected chi connectivity index (χ3v) is 7.40. The molecule has 0 atom stereocenters. The molecule has 0 bridgehead atoms. The van der Waals surface area contributed by atoms with Crippen LogP contribution < -0.4 is 10.2 Å². The van der Waals surface area contributed by atoms with E-state index in [-0.39, 0.29) is 22.8 Å². The van der Waals surface area contributed by atoms with Gasteiger partial charge >= 0.3 is 6.18 Å². The van der Waals surface area contributed by atoms with Crippen molar-refractivity contribution in [2.75, 3.05) is 24.5 Å². The molecule has 3 aromatic rings. The number of hydrogen-bond donors (Lipinski definition) is 1. The smallest absolute Gasteiger partial charge is 0.341 e. The molecule has 192 valence electrons. The highest BCUT2D eigenvalue weighted by Crippen LogP contribution is 2.34. The van der Waals surface area contributed by atoms with E-state index in [4.69, 9.17) is 0 Å². The quantitative estimate of drug-likeness (QED) is 0.367. The predicted molar refractivity (Wildman–Crippen MR) is 136 cm³/mol. The van der Waals surface area contributed by atoms with Crippen LogP contribution in [0.5, 0.6) is 0 Å². The summed E-state index contributed by atoms with van der Waals surface area (Å²) >= 11 is 0.955. The number of fused-ring (bicyclic) bond motifs is 1. The van der Waals surface area contributed by atoms with E-state index < -0.39 is 11.7 Å². The second kappa shape index (κ2) is 10.6. The number of carbonyl (C=O) groups excluding carboxylic acids is 2. The van der Waals surface area contributed by atoms with Crippen molar-refractivity contribution in [1.82, 2.24) is 20.3 Å². The Morgan fingerprint density at radius 2 is 1.89 bits per heavy atom. The van der Waals surface area contributed by atoms with Gasteiger partial charge in [-0.05, 0) is 61.3 Å². The summed E-state index contributed by atoms with van der Waals surface area (Å²) < 4.78 is 40.0. The summed E-state index contributed by atoms with van der Waals surface area (Å²) in [6.07, 6.45) is 0.592. The molecule has 5 rings (SSSR count). The van der Waals surface area contributed by atoms with E-state index >= 15 is 0 Å². The Morgan fingerprint density at radius 1 is 1.08 bits per heavy atom. The van der Waals surface area contributed by atoms with Crippen molar-refractivity contribution < 1.29 is 22.8 Å². The number of piperidine rings is 1. The molecule has 7 nitrogen and oxygen atoms in total. The van der Waals surface area contributed by atoms with E-state index in [9.17, 15) is 22.8 Å². The van der Waals surface area contributed by atoms with Gasteiger partial charge in [-0.1, -0.05) is 18.2 Å². The molecule has 37 heavy (non-hydrogen) atoms. The fraction of sp³-hybridized carbons (Fsp3) is 0.346. The van der Waals surface area contributed by atoms with E-state index in [0.29, 0.717) is 40.1 Å². The van der Waals surface area contributed by atoms with Gasteiger partial charge in [-0.15, -0.1) is 0 Å². The molecule has 1 N–H and O–H groups in total. The summed E-state index contributed by atoms with van der Waals surface area (Å²) in [5.41, 5.74) is 0.421. The van der Waals surface area contributed by atoms with Crippen molar-refractivity contribution in [1.29, 1.82) is 0 Å². The molecule has 0 unspecified atom stereocenters. The Bertz CT molecular complexity index is 1370. The lowest BCUT2D eigenvalue weighted by Crippen LogP contribution is -2.38. The Balaban J connectivity index is 1.14. The Labute approximate surface area is 215 Å². The number of para-hydroxylation sites is 1. The first kappa shape index (κ1) is 25.3. The molecule has 2 fully saturated rings. The number of Topliss-reactive ketones (excluding diaryl/α,β-unsaturated/α-hetero) is 1. The number of pyridine rings is 1. The normalized spacial score (nSPS) is 18.4. The number of rotatable bonds is 6. The van der Waals surface area contributed by atoms with Gasteiger partial charge in [0.05, 0.1) is 33.8 Å². The SMILES string of the molecule is O=C1CC(=O)/C(=C/c2ccnc(N3CCC(CNCc4ccc5cccc(C(F)(F)F)c5n4)CC3)n2)S1. The van der Waals surface area contributed by atoms with Crippen molar-refractivity contribution in [2.24, 2.45) is 5.92 Å². The maximum absolute atomic E-state index is 13.3. The van der Waals surface area contributed by atoms with Crippen molar-refractivity contribution in [3.8, 4) is 0 Å². The van der Waals surface area contributed by atoms with Crippen molar-refractivity contribution >= 4 is 45.6 Å². The lowest BCUT2D eigenvalue weighted by Gasteiger charge is -2.32. The lowest BCUT2D eigenvalue weighted by molar-refractivity contribution is -0.136. The zero-order chi connectivity index (χ0) is 26.0. The summed E-state index contributed by atoms with van der Waals surface area (Å²) in [7, 11) is 0. The fourth-order valence-corrected chi connectivity index (χ4v) is 5.34. The minimum Gasteiger partial charge on any atom is -0.341 e. The lowest BCUT2D eigenvalue weighted by atomic mass is 9.97. The molecule has 2 aliphatic heterocycles. The van der Waals surface area contributed by atoms with Crippen LogP contribution in [-0.4, -0.2) is 45.5 Å². The van der Waals surface area contributed by atoms with Gasteiger partial charge in [0.2, 0.25) is 11.1 Å². The van der Waals surface area contributed by atoms with Crippen molar-refractivity contribution in [2.45, 2.75) is 32.0 Å². The molecule has 2 aliphatic rings. The maximum Gasteiger partial charge on any atom is 0.418 e. The molecule has 2 saturated heterocycles. The first-order valence-corrected chi connectivity index (χ1v) is 12.8. The number of thioether (sulfide) groups is 1. The van der Waals surface area contributed by atoms with Crippen LogP contribution in [-0.2, 0) is 22.3 Å². The highest BCUT2D eigenvalue weighted by atomic mass is 32.2. The van der Waals surface area contributed by atoms with E-state index in [1.54, 1.807) is 36.5 Å². The van der Waals surface area contributed by atoms with Crippen LogP contribution in [0.25, 0.3) is 17.0 Å². The number of anilines is 1. The number of halogens is 3. The van der Waals surface area contributed by atoms with Gasteiger partial charge in [-0.2, -0.15) is 13.2 Å². The molecule has 2 aromatic heterocycles. The number of ketones is 1. The number of hydrogen-bond acceptors (Lipinski definition) is 8. The number of benzene rings is 1. The van der Waals surface area contributed by atoms with Crippen LogP contribution in [0.2, 0.25) is 0 Å². The van der Waals surface area contributed by atoms with Crippen LogP contribution in [0.15, 0.2) is 47.5 Å². The number of alkyl halides is 3. The summed E-state index contributed by atoms with van der Waals surface area (Å²) in [5.74, 6) is 0.817. The second-order valence-corrected chi connectivity index (χ2v) is 10.2. The van der Waals surface area contributed by atoms with E-state index in [0.717, 1.165) is 50.3 Å². The van der Waals surface area contributed by atoms with Gasteiger partial charge in [0.1, 0.15) is 0 Å². The molecule has 0 aliphatic carbocycles. The zero-order valence-electron chi connectivity index (χ0n) is 19.8. The molecule has 0 saturated carbocycles. The first-order chi connectivity index (χ1) is 17.8. The van der Waals surface area contributed by atoms with Gasteiger partial charge in [0, 0.05) is 31.2 Å². The molecule has 4 heterocycles. The number of nitrogens with zero attached hydrogens (tertiary/aromatic N) is 4. The average Bonchev–Trinajstić information content (AvgIpc) is 3.19. The van der Waals surface area contributed by atoms with Gasteiger partial charge < -0.3 is 10.2 Å². The van der Waals surface area contributed by atoms with Crippen LogP contribution in [0.4, 0.5) is 19.1 Å². The van der Waals surface area contributed by atoms with Gasteiger partial charge in [0.15, 0.2) is 5.78 Å². The Morgan fingerprint density at radius 3 is 2.62 bits per heavy atom. The Kier molecular flexibility index (Phi) is 7.25. The molecule has 0 amide bonds. The van der Waals surface area contributed by atoms with E-state index in [2.05, 4.69) is 25.2 Å². The molecule has 0 radical (unpaired) electrons. The minimum absolute atomic E-state index is 0.0250. The van der Waals surface area contributed by atoms with Gasteiger partial charge in [-0.25, -0.2) is 9.97 Å². The predicted octanol–water partition coefficient (Wildman–Crippen LogP) is 4.62. The van der Waals surface area contributed by atoms with E-state index in [1.807, 2.05) is 0 Å². The molecular weight excluding hydrogens is 503 g/mol. The monoisotopic (exact) mass is 527 g/mol. The standard InChI is InChI=1S/C26H24F3N5O2S/c27-26(28,29)20-3-1-2-17-4-5-19(32-24(17)20)15-30-14-16-7-10-34(11-8-16)25-31-9-6-18(33-25)12-22-21(35)13-23(36)37-22/h1-6,9,12,16,30H,7-8,10-11,13-15H2/b22-12-. The van der Waals surface area contributed by atoms with Crippen molar-refractivity contribution in [3.05, 3.63) is 64.5 Å². The summed E-state index contributed by atoms with van der Waals surface area (Å²) in [4.78, 5) is 39.1. The fourth-order valence-electron chi connectivity index (χ4n) is 4.53. The van der Waals surface area contributed by atoms with Crippen LogP contribution in [0, 0.1) is 5.92 Å². The number of aromatic nitrogens is 3. The minimum atomic E-state index is -4.45. The number of allylic oxidation sites excluding steroid dienone is 1. The van der Waals surface area contributed by atoms with E-state index in [1.165, 1.54) is 6.07 Å². The van der Waals surface area contributed by atoms with Crippen LogP contribution >= 0.6 is 11.8 Å². The average molecular weight is 528 g/mol. The Hall–Kier alpha value is -3.31. The molecular formula is C26H24F3N5O2S. The highest BCUT2D eigenvalue weighted by Gasteiger charge is 2.33. The molecule has 11 heteroatoms. The summed E-state index contributed by atoms with van der Waals surface area (Å²) in [6.45, 7) is 2.65. The maximum atomic E-state index is 13.3. The molecule has 0 spiro atoms. The largest absolute Gasteiger partial charge is 0.418 e. The number of nitrogens with one attached hydrogen (secondary N) is 1. The van der Waals surface area contributed by atoms with Crippen LogP contribution in [0.3, 0.4) is 0 Å². The third-order valence-electron chi connectivity index (χ3n) is 6.47. The summed E-state index contributed by atoms with van der Waals surface area (Å²) in [5, 5.41) is 3.66. The van der Waals surface area contributed by atoms with Crippen LogP contribution in [0.1, 0.15) is 36.2 Å². The zero-order valence-corrected chi connectivity index (χ0v) is 20.6. The van der Waals surface area contributed by atoms with Gasteiger partial charge in [0.25, 0.3) is 0 Å². The van der Waals surface area contributed by atoms with Gasteiger partial charge in [-0.3, -0.25) is 14.6 Å². The van der Waals surface area contributed by atoms with Crippen molar-refractivity contribution in [3.63, 3.8) is 0 Å². The molecule has 1 aromatic carbocycles. The first-order valence-electron chi connectivity index (χ1n) is 12.0. The topological polar surface area (TPSA) is 88.1 Å². The summed E-state index contributed by atoms with van der Waals surface area (Å²) in [6, 6.07) is 9.23. The number of carbonyl (C=O) groups is 2.